The second-order valence-corrected chi connectivity index (χ2v) is 6.15. The molecule has 4 heteroatoms. The summed E-state index contributed by atoms with van der Waals surface area (Å²) in [6.07, 6.45) is 0. The third-order valence-corrected chi connectivity index (χ3v) is 4.24. The van der Waals surface area contributed by atoms with E-state index in [4.69, 9.17) is 10.5 Å². The van der Waals surface area contributed by atoms with Crippen LogP contribution in [-0.2, 0) is 0 Å². The number of aromatic nitrogens is 2. The highest BCUT2D eigenvalue weighted by atomic mass is 16.5. The fourth-order valence-corrected chi connectivity index (χ4v) is 3.08. The zero-order valence-corrected chi connectivity index (χ0v) is 14.3. The molecule has 3 rings (SSSR count). The summed E-state index contributed by atoms with van der Waals surface area (Å²) in [7, 11) is 1.66. The van der Waals surface area contributed by atoms with Gasteiger partial charge in [-0.25, -0.2) is 0 Å². The standard InChI is InChI=1S/C20H23N3O/c1-13-8-14(2)10-16(9-13)18(12-21)20-11-19(22-23-20)15-4-6-17(24-3)7-5-15/h4-11,18H,12,21H2,1-3H3,(H,22,23). The van der Waals surface area contributed by atoms with Gasteiger partial charge in [0.25, 0.3) is 0 Å². The summed E-state index contributed by atoms with van der Waals surface area (Å²) in [6, 6.07) is 16.5. The average molecular weight is 321 g/mol. The Morgan fingerprint density at radius 3 is 2.29 bits per heavy atom. The normalized spacial score (nSPS) is 12.2. The van der Waals surface area contributed by atoms with Gasteiger partial charge in [0.2, 0.25) is 0 Å². The number of nitrogens with one attached hydrogen (secondary N) is 1. The third-order valence-electron chi connectivity index (χ3n) is 4.24. The molecule has 0 fully saturated rings. The average Bonchev–Trinajstić information content (AvgIpc) is 3.04. The monoisotopic (exact) mass is 321 g/mol. The van der Waals surface area contributed by atoms with Crippen molar-refractivity contribution in [2.24, 2.45) is 5.73 Å². The van der Waals surface area contributed by atoms with Crippen LogP contribution in [0, 0.1) is 13.8 Å². The molecule has 2 aromatic carbocycles. The van der Waals surface area contributed by atoms with E-state index < -0.39 is 0 Å². The highest BCUT2D eigenvalue weighted by molar-refractivity contribution is 5.60. The summed E-state index contributed by atoms with van der Waals surface area (Å²) in [5.74, 6) is 0.952. The summed E-state index contributed by atoms with van der Waals surface area (Å²) in [5.41, 5.74) is 12.8. The van der Waals surface area contributed by atoms with Crippen molar-refractivity contribution in [3.05, 3.63) is 70.9 Å². The van der Waals surface area contributed by atoms with E-state index in [-0.39, 0.29) is 5.92 Å². The van der Waals surface area contributed by atoms with E-state index in [0.29, 0.717) is 6.54 Å². The van der Waals surface area contributed by atoms with E-state index in [1.54, 1.807) is 7.11 Å². The minimum Gasteiger partial charge on any atom is -0.497 e. The second kappa shape index (κ2) is 6.89. The van der Waals surface area contributed by atoms with Gasteiger partial charge in [-0.3, -0.25) is 5.10 Å². The number of H-pyrrole nitrogens is 1. The number of ether oxygens (including phenoxy) is 1. The Morgan fingerprint density at radius 1 is 1.04 bits per heavy atom. The summed E-state index contributed by atoms with van der Waals surface area (Å²) in [5, 5.41) is 7.62. The first kappa shape index (κ1) is 16.3. The number of methoxy groups -OCH3 is 1. The van der Waals surface area contributed by atoms with Gasteiger partial charge in [0.15, 0.2) is 0 Å². The molecule has 1 unspecified atom stereocenters. The second-order valence-electron chi connectivity index (χ2n) is 6.15. The largest absolute Gasteiger partial charge is 0.497 e. The highest BCUT2D eigenvalue weighted by Gasteiger charge is 2.16. The van der Waals surface area contributed by atoms with E-state index in [2.05, 4.69) is 48.3 Å². The molecule has 4 nitrogen and oxygen atoms in total. The number of hydrogen-bond acceptors (Lipinski definition) is 3. The lowest BCUT2D eigenvalue weighted by atomic mass is 9.92. The Hall–Kier alpha value is -2.59. The molecule has 124 valence electrons. The van der Waals surface area contributed by atoms with Crippen LogP contribution in [0.5, 0.6) is 5.75 Å². The first-order valence-electron chi connectivity index (χ1n) is 8.08. The Balaban J connectivity index is 1.92. The topological polar surface area (TPSA) is 63.9 Å². The summed E-state index contributed by atoms with van der Waals surface area (Å²) in [6.45, 7) is 4.76. The molecule has 0 saturated carbocycles. The molecule has 0 aliphatic rings. The summed E-state index contributed by atoms with van der Waals surface area (Å²) in [4.78, 5) is 0. The first-order chi connectivity index (χ1) is 11.6. The van der Waals surface area contributed by atoms with Crippen molar-refractivity contribution in [3.8, 4) is 17.0 Å². The predicted molar refractivity (Wildman–Crippen MR) is 97.4 cm³/mol. The lowest BCUT2D eigenvalue weighted by Gasteiger charge is -2.15. The maximum atomic E-state index is 6.06. The number of benzene rings is 2. The molecule has 0 radical (unpaired) electrons. The van der Waals surface area contributed by atoms with Crippen molar-refractivity contribution < 1.29 is 4.74 Å². The van der Waals surface area contributed by atoms with Gasteiger partial charge < -0.3 is 10.5 Å². The van der Waals surface area contributed by atoms with Crippen molar-refractivity contribution in [1.82, 2.24) is 10.2 Å². The predicted octanol–water partition coefficient (Wildman–Crippen LogP) is 3.79. The third kappa shape index (κ3) is 3.34. The molecule has 24 heavy (non-hydrogen) atoms. The van der Waals surface area contributed by atoms with E-state index in [9.17, 15) is 0 Å². The van der Waals surface area contributed by atoms with Crippen LogP contribution in [-0.4, -0.2) is 23.9 Å². The molecule has 0 aliphatic carbocycles. The number of aromatic amines is 1. The number of rotatable bonds is 5. The Morgan fingerprint density at radius 2 is 1.71 bits per heavy atom. The van der Waals surface area contributed by atoms with Crippen molar-refractivity contribution in [2.45, 2.75) is 19.8 Å². The highest BCUT2D eigenvalue weighted by Crippen LogP contribution is 2.28. The number of hydrogen-bond donors (Lipinski definition) is 2. The summed E-state index contributed by atoms with van der Waals surface area (Å²) < 4.78 is 5.20. The molecule has 3 aromatic rings. The van der Waals surface area contributed by atoms with Crippen molar-refractivity contribution in [3.63, 3.8) is 0 Å². The minimum absolute atomic E-state index is 0.114. The Bertz CT molecular complexity index is 801. The number of aryl methyl sites for hydroxylation is 2. The fourth-order valence-electron chi connectivity index (χ4n) is 3.08. The number of nitrogens with two attached hydrogens (primary N) is 1. The molecular formula is C20H23N3O. The SMILES string of the molecule is COc1ccc(-c2cc(C(CN)c3cc(C)cc(C)c3)[nH]n2)cc1. The quantitative estimate of drug-likeness (QED) is 0.751. The smallest absolute Gasteiger partial charge is 0.118 e. The van der Waals surface area contributed by atoms with Gasteiger partial charge in [0.05, 0.1) is 12.8 Å². The van der Waals surface area contributed by atoms with Gasteiger partial charge >= 0.3 is 0 Å². The lowest BCUT2D eigenvalue weighted by Crippen LogP contribution is -2.14. The molecule has 0 spiro atoms. The number of nitrogens with zero attached hydrogens (tertiary/aromatic N) is 1. The molecule has 0 saturated heterocycles. The van der Waals surface area contributed by atoms with Gasteiger partial charge in [-0.15, -0.1) is 0 Å². The molecule has 1 heterocycles. The molecular weight excluding hydrogens is 298 g/mol. The summed E-state index contributed by atoms with van der Waals surface area (Å²) >= 11 is 0. The Labute approximate surface area is 142 Å². The van der Waals surface area contributed by atoms with Crippen LogP contribution in [0.1, 0.15) is 28.3 Å². The molecule has 0 amide bonds. The maximum Gasteiger partial charge on any atom is 0.118 e. The van der Waals surface area contributed by atoms with Crippen LogP contribution in [0.2, 0.25) is 0 Å². The fraction of sp³-hybridized carbons (Fsp3) is 0.250. The van der Waals surface area contributed by atoms with Crippen LogP contribution in [0.15, 0.2) is 48.5 Å². The maximum absolute atomic E-state index is 6.06. The van der Waals surface area contributed by atoms with Crippen LogP contribution >= 0.6 is 0 Å². The minimum atomic E-state index is 0.114. The van der Waals surface area contributed by atoms with Crippen molar-refractivity contribution in [1.29, 1.82) is 0 Å². The van der Waals surface area contributed by atoms with Crippen molar-refractivity contribution >= 4 is 0 Å². The zero-order chi connectivity index (χ0) is 17.1. The van der Waals surface area contributed by atoms with Crippen LogP contribution in [0.25, 0.3) is 11.3 Å². The van der Waals surface area contributed by atoms with E-state index in [1.165, 1.54) is 16.7 Å². The van der Waals surface area contributed by atoms with Gasteiger partial charge in [-0.2, -0.15) is 5.10 Å². The van der Waals surface area contributed by atoms with Gasteiger partial charge in [0.1, 0.15) is 5.75 Å². The molecule has 3 N–H and O–H groups in total. The van der Waals surface area contributed by atoms with E-state index in [0.717, 1.165) is 22.7 Å². The van der Waals surface area contributed by atoms with Crippen LogP contribution in [0.4, 0.5) is 0 Å². The van der Waals surface area contributed by atoms with Gasteiger partial charge in [-0.05, 0) is 49.7 Å². The molecule has 1 atom stereocenters. The molecule has 0 bridgehead atoms. The van der Waals surface area contributed by atoms with Crippen LogP contribution in [0.3, 0.4) is 0 Å². The zero-order valence-electron chi connectivity index (χ0n) is 14.3. The van der Waals surface area contributed by atoms with Crippen molar-refractivity contribution in [2.75, 3.05) is 13.7 Å². The van der Waals surface area contributed by atoms with E-state index in [1.807, 2.05) is 24.3 Å². The molecule has 1 aromatic heterocycles. The van der Waals surface area contributed by atoms with E-state index >= 15 is 0 Å². The first-order valence-corrected chi connectivity index (χ1v) is 8.08. The lowest BCUT2D eigenvalue weighted by molar-refractivity contribution is 0.415. The Kier molecular flexibility index (Phi) is 4.67. The van der Waals surface area contributed by atoms with Gasteiger partial charge in [-0.1, -0.05) is 29.3 Å². The van der Waals surface area contributed by atoms with Crippen LogP contribution < -0.4 is 10.5 Å². The molecule has 0 aliphatic heterocycles. The van der Waals surface area contributed by atoms with Gasteiger partial charge in [0, 0.05) is 23.7 Å².